The lowest BCUT2D eigenvalue weighted by Crippen LogP contribution is -2.49. The Morgan fingerprint density at radius 1 is 1.22 bits per heavy atom. The first-order valence-electron chi connectivity index (χ1n) is 8.82. The van der Waals surface area contributed by atoms with E-state index in [1.807, 2.05) is 30.3 Å². The lowest BCUT2D eigenvalue weighted by Gasteiger charge is -2.38. The van der Waals surface area contributed by atoms with Crippen molar-refractivity contribution in [2.45, 2.75) is 31.7 Å². The number of rotatable bonds is 5. The summed E-state index contributed by atoms with van der Waals surface area (Å²) in [6, 6.07) is 10.5. The van der Waals surface area contributed by atoms with Gasteiger partial charge in [0.2, 0.25) is 5.91 Å². The Morgan fingerprint density at radius 2 is 1.96 bits per heavy atom. The van der Waals surface area contributed by atoms with Crippen LogP contribution in [0.5, 0.6) is 0 Å². The van der Waals surface area contributed by atoms with E-state index < -0.39 is 0 Å². The van der Waals surface area contributed by atoms with Crippen LogP contribution in [0.4, 0.5) is 0 Å². The summed E-state index contributed by atoms with van der Waals surface area (Å²) in [6.07, 6.45) is 3.78. The molecule has 0 spiro atoms. The molecule has 126 valence electrons. The summed E-state index contributed by atoms with van der Waals surface area (Å²) in [7, 11) is 2.16. The van der Waals surface area contributed by atoms with Gasteiger partial charge in [-0.3, -0.25) is 4.79 Å². The van der Waals surface area contributed by atoms with E-state index in [2.05, 4.69) is 16.8 Å². The van der Waals surface area contributed by atoms with Gasteiger partial charge < -0.3 is 14.5 Å². The van der Waals surface area contributed by atoms with Crippen molar-refractivity contribution in [1.82, 2.24) is 9.80 Å². The lowest BCUT2D eigenvalue weighted by molar-refractivity contribution is -0.134. The Bertz CT molecular complexity index is 491. The molecule has 4 heteroatoms. The molecule has 0 N–H and O–H groups in total. The zero-order valence-electron chi connectivity index (χ0n) is 14.1. The van der Waals surface area contributed by atoms with Crippen molar-refractivity contribution in [2.24, 2.45) is 5.92 Å². The fourth-order valence-corrected chi connectivity index (χ4v) is 3.64. The quantitative estimate of drug-likeness (QED) is 0.835. The largest absolute Gasteiger partial charge is 0.381 e. The average molecular weight is 316 g/mol. The number of likely N-dealkylation sites (tertiary alicyclic amines) is 1. The van der Waals surface area contributed by atoms with E-state index >= 15 is 0 Å². The molecule has 1 aromatic carbocycles. The van der Waals surface area contributed by atoms with Crippen LogP contribution in [0.15, 0.2) is 30.3 Å². The maximum Gasteiger partial charge on any atom is 0.227 e. The number of benzene rings is 1. The minimum Gasteiger partial charge on any atom is -0.381 e. The summed E-state index contributed by atoms with van der Waals surface area (Å²) in [5.41, 5.74) is 1.11. The molecule has 0 aliphatic carbocycles. The van der Waals surface area contributed by atoms with Gasteiger partial charge in [-0.2, -0.15) is 0 Å². The van der Waals surface area contributed by atoms with Crippen LogP contribution in [0.25, 0.3) is 0 Å². The van der Waals surface area contributed by atoms with Gasteiger partial charge in [0.25, 0.3) is 0 Å². The normalized spacial score (nSPS) is 23.1. The number of piperidine rings is 1. The minimum atomic E-state index is 0.276. The van der Waals surface area contributed by atoms with E-state index in [4.69, 9.17) is 4.74 Å². The van der Waals surface area contributed by atoms with Gasteiger partial charge in [0.15, 0.2) is 0 Å². The van der Waals surface area contributed by atoms with Crippen molar-refractivity contribution in [3.05, 3.63) is 35.9 Å². The number of amides is 1. The molecule has 0 bridgehead atoms. The molecule has 3 rings (SSSR count). The molecular weight excluding hydrogens is 288 g/mol. The van der Waals surface area contributed by atoms with Crippen LogP contribution in [-0.2, 0) is 16.0 Å². The smallest absolute Gasteiger partial charge is 0.227 e. The van der Waals surface area contributed by atoms with Crippen molar-refractivity contribution in [3.8, 4) is 0 Å². The van der Waals surface area contributed by atoms with Crippen LogP contribution < -0.4 is 0 Å². The van der Waals surface area contributed by atoms with Gasteiger partial charge in [0.1, 0.15) is 0 Å². The number of nitrogens with zero attached hydrogens (tertiary/aromatic N) is 2. The van der Waals surface area contributed by atoms with E-state index in [9.17, 15) is 4.79 Å². The molecule has 2 aliphatic heterocycles. The summed E-state index contributed by atoms with van der Waals surface area (Å²) in [6.45, 7) is 4.68. The van der Waals surface area contributed by atoms with Crippen LogP contribution in [0.3, 0.4) is 0 Å². The third-order valence-electron chi connectivity index (χ3n) is 5.13. The summed E-state index contributed by atoms with van der Waals surface area (Å²) < 4.78 is 5.51. The molecule has 4 nitrogen and oxygen atoms in total. The second kappa shape index (κ2) is 7.93. The Hall–Kier alpha value is -1.39. The monoisotopic (exact) mass is 316 g/mol. The predicted octanol–water partition coefficient (Wildman–Crippen LogP) is 2.19. The zero-order chi connectivity index (χ0) is 16.1. The van der Waals surface area contributed by atoms with Gasteiger partial charge >= 0.3 is 0 Å². The minimum absolute atomic E-state index is 0.276. The van der Waals surface area contributed by atoms with Gasteiger partial charge in [0.05, 0.1) is 13.0 Å². The Labute approximate surface area is 139 Å². The highest BCUT2D eigenvalue weighted by molar-refractivity contribution is 5.79. The van der Waals surface area contributed by atoms with E-state index in [1.54, 1.807) is 0 Å². The van der Waals surface area contributed by atoms with Crippen molar-refractivity contribution in [1.29, 1.82) is 0 Å². The molecule has 0 aromatic heterocycles. The Morgan fingerprint density at radius 3 is 2.61 bits per heavy atom. The average Bonchev–Trinajstić information content (AvgIpc) is 3.08. The van der Waals surface area contributed by atoms with Gasteiger partial charge in [0, 0.05) is 25.1 Å². The fourth-order valence-electron chi connectivity index (χ4n) is 3.64. The van der Waals surface area contributed by atoms with E-state index in [1.165, 1.54) is 0 Å². The maximum atomic E-state index is 13.0. The van der Waals surface area contributed by atoms with Crippen LogP contribution in [-0.4, -0.2) is 61.6 Å². The number of carbonyl (C=O) groups is 1. The number of carbonyl (C=O) groups excluding carboxylic acids is 1. The molecule has 1 atom stereocenters. The highest BCUT2D eigenvalue weighted by Crippen LogP contribution is 2.22. The summed E-state index contributed by atoms with van der Waals surface area (Å²) in [5.74, 6) is 0.784. The molecule has 2 fully saturated rings. The first kappa shape index (κ1) is 16.5. The summed E-state index contributed by atoms with van der Waals surface area (Å²) in [5, 5.41) is 0. The van der Waals surface area contributed by atoms with Crippen molar-refractivity contribution < 1.29 is 9.53 Å². The van der Waals surface area contributed by atoms with Gasteiger partial charge in [-0.1, -0.05) is 30.3 Å². The van der Waals surface area contributed by atoms with Crippen LogP contribution in [0, 0.1) is 5.92 Å². The van der Waals surface area contributed by atoms with Crippen LogP contribution in [0.1, 0.15) is 24.8 Å². The number of hydrogen-bond acceptors (Lipinski definition) is 3. The van der Waals surface area contributed by atoms with E-state index in [0.717, 1.165) is 57.7 Å². The molecule has 1 amide bonds. The molecule has 2 heterocycles. The zero-order valence-corrected chi connectivity index (χ0v) is 14.1. The van der Waals surface area contributed by atoms with Crippen molar-refractivity contribution in [3.63, 3.8) is 0 Å². The molecule has 23 heavy (non-hydrogen) atoms. The van der Waals surface area contributed by atoms with Crippen LogP contribution >= 0.6 is 0 Å². The first-order valence-corrected chi connectivity index (χ1v) is 8.82. The molecule has 2 saturated heterocycles. The summed E-state index contributed by atoms with van der Waals surface area (Å²) >= 11 is 0. The Kier molecular flexibility index (Phi) is 5.68. The third-order valence-corrected chi connectivity index (χ3v) is 5.13. The highest BCUT2D eigenvalue weighted by atomic mass is 16.5. The molecule has 2 aliphatic rings. The predicted molar refractivity (Wildman–Crippen MR) is 91.3 cm³/mol. The molecule has 0 saturated carbocycles. The van der Waals surface area contributed by atoms with Crippen molar-refractivity contribution in [2.75, 3.05) is 39.9 Å². The Balaban J connectivity index is 1.66. The fraction of sp³-hybridized carbons (Fsp3) is 0.632. The van der Waals surface area contributed by atoms with Gasteiger partial charge in [-0.15, -0.1) is 0 Å². The molecule has 1 aromatic rings. The van der Waals surface area contributed by atoms with Crippen molar-refractivity contribution >= 4 is 5.91 Å². The SMILES string of the molecule is CN1CCC(N(CC2CCOC2)C(=O)Cc2ccccc2)CC1. The van der Waals surface area contributed by atoms with Gasteiger partial charge in [-0.25, -0.2) is 0 Å². The molecule has 0 radical (unpaired) electrons. The lowest BCUT2D eigenvalue weighted by atomic mass is 9.99. The number of ether oxygens (including phenoxy) is 1. The highest BCUT2D eigenvalue weighted by Gasteiger charge is 2.30. The van der Waals surface area contributed by atoms with Crippen LogP contribution in [0.2, 0.25) is 0 Å². The topological polar surface area (TPSA) is 32.8 Å². The standard InChI is InChI=1S/C19H28N2O2/c1-20-10-7-18(8-11-20)21(14-17-9-12-23-15-17)19(22)13-16-5-3-2-4-6-16/h2-6,17-18H,7-15H2,1H3. The second-order valence-electron chi connectivity index (χ2n) is 6.97. The van der Waals surface area contributed by atoms with Gasteiger partial charge in [-0.05, 0) is 45.0 Å². The first-order chi connectivity index (χ1) is 11.2. The van der Waals surface area contributed by atoms with E-state index in [-0.39, 0.29) is 5.91 Å². The maximum absolute atomic E-state index is 13.0. The molecular formula is C19H28N2O2. The summed E-state index contributed by atoms with van der Waals surface area (Å²) in [4.78, 5) is 17.5. The second-order valence-corrected chi connectivity index (χ2v) is 6.97. The third kappa shape index (κ3) is 4.55. The molecule has 1 unspecified atom stereocenters. The number of hydrogen-bond donors (Lipinski definition) is 0. The van der Waals surface area contributed by atoms with E-state index in [0.29, 0.717) is 18.4 Å².